The highest BCUT2D eigenvalue weighted by atomic mass is 15.3. The fraction of sp³-hybridized carbons (Fsp3) is 0.786. The Morgan fingerprint density at radius 1 is 1.11 bits per heavy atom. The average Bonchev–Trinajstić information content (AvgIpc) is 2.86. The van der Waals surface area contributed by atoms with Crippen LogP contribution in [-0.4, -0.2) is 58.8 Å². The van der Waals surface area contributed by atoms with Crippen molar-refractivity contribution in [2.75, 3.05) is 39.3 Å². The molecule has 0 saturated carbocycles. The van der Waals surface area contributed by atoms with Crippen molar-refractivity contribution in [2.24, 2.45) is 0 Å². The highest BCUT2D eigenvalue weighted by Gasteiger charge is 2.15. The first kappa shape index (κ1) is 13.6. The third-order valence-electron chi connectivity index (χ3n) is 3.88. The molecule has 4 heteroatoms. The van der Waals surface area contributed by atoms with Crippen LogP contribution in [0, 0.1) is 0 Å². The zero-order chi connectivity index (χ0) is 13.0. The van der Waals surface area contributed by atoms with Crippen LogP contribution in [-0.2, 0) is 6.54 Å². The molecule has 0 bridgehead atoms. The predicted octanol–water partition coefficient (Wildman–Crippen LogP) is 1.64. The van der Waals surface area contributed by atoms with Gasteiger partial charge in [-0.2, -0.15) is 5.10 Å². The molecule has 102 valence electrons. The number of likely N-dealkylation sites (N-methyl/N-ethyl adjacent to an activating group) is 1. The second kappa shape index (κ2) is 6.34. The van der Waals surface area contributed by atoms with Crippen molar-refractivity contribution < 1.29 is 0 Å². The van der Waals surface area contributed by atoms with Gasteiger partial charge in [-0.1, -0.05) is 20.8 Å². The Morgan fingerprint density at radius 3 is 2.33 bits per heavy atom. The summed E-state index contributed by atoms with van der Waals surface area (Å²) in [5.41, 5.74) is 1.34. The predicted molar refractivity (Wildman–Crippen MR) is 74.9 cm³/mol. The standard InChI is InChI=1S/C14H26N4/c1-4-16-5-7-17(8-6-16)9-10-18-12-14(11-15-18)13(2)3/h11-13H,4-10H2,1-3H3. The minimum absolute atomic E-state index is 0.576. The maximum absolute atomic E-state index is 4.43. The summed E-state index contributed by atoms with van der Waals surface area (Å²) < 4.78 is 2.08. The molecule has 1 aliphatic heterocycles. The van der Waals surface area contributed by atoms with Crippen molar-refractivity contribution in [3.63, 3.8) is 0 Å². The second-order valence-electron chi connectivity index (χ2n) is 5.47. The Bertz CT molecular complexity index is 350. The first-order valence-corrected chi connectivity index (χ1v) is 7.16. The van der Waals surface area contributed by atoms with E-state index >= 15 is 0 Å². The second-order valence-corrected chi connectivity index (χ2v) is 5.47. The quantitative estimate of drug-likeness (QED) is 0.794. The van der Waals surface area contributed by atoms with E-state index in [4.69, 9.17) is 0 Å². The summed E-state index contributed by atoms with van der Waals surface area (Å²) >= 11 is 0. The first-order chi connectivity index (χ1) is 8.69. The number of aromatic nitrogens is 2. The van der Waals surface area contributed by atoms with Crippen LogP contribution in [0.2, 0.25) is 0 Å². The SMILES string of the molecule is CCN1CCN(CCn2cc(C(C)C)cn2)CC1. The molecule has 1 aromatic rings. The van der Waals surface area contributed by atoms with E-state index in [1.807, 2.05) is 6.20 Å². The van der Waals surface area contributed by atoms with Gasteiger partial charge < -0.3 is 4.90 Å². The van der Waals surface area contributed by atoms with Gasteiger partial charge >= 0.3 is 0 Å². The molecule has 2 heterocycles. The normalized spacial score (nSPS) is 18.7. The lowest BCUT2D eigenvalue weighted by Gasteiger charge is -2.33. The molecule has 0 amide bonds. The summed E-state index contributed by atoms with van der Waals surface area (Å²) in [6.45, 7) is 14.8. The number of hydrogen-bond donors (Lipinski definition) is 0. The van der Waals surface area contributed by atoms with Crippen molar-refractivity contribution in [1.29, 1.82) is 0 Å². The molecule has 18 heavy (non-hydrogen) atoms. The van der Waals surface area contributed by atoms with Gasteiger partial charge in [0.15, 0.2) is 0 Å². The number of piperazine rings is 1. The molecule has 1 saturated heterocycles. The summed E-state index contributed by atoms with van der Waals surface area (Å²) in [7, 11) is 0. The Kier molecular flexibility index (Phi) is 4.78. The molecule has 0 atom stereocenters. The third-order valence-corrected chi connectivity index (χ3v) is 3.88. The van der Waals surface area contributed by atoms with E-state index in [1.165, 1.54) is 38.3 Å². The molecular formula is C14H26N4. The Labute approximate surface area is 111 Å². The zero-order valence-electron chi connectivity index (χ0n) is 12.0. The molecule has 1 aliphatic rings. The van der Waals surface area contributed by atoms with Crippen molar-refractivity contribution >= 4 is 0 Å². The molecular weight excluding hydrogens is 224 g/mol. The van der Waals surface area contributed by atoms with Gasteiger partial charge in [0, 0.05) is 38.9 Å². The van der Waals surface area contributed by atoms with Crippen molar-refractivity contribution in [2.45, 2.75) is 33.2 Å². The van der Waals surface area contributed by atoms with Gasteiger partial charge in [-0.3, -0.25) is 9.58 Å². The van der Waals surface area contributed by atoms with Crippen LogP contribution < -0.4 is 0 Å². The van der Waals surface area contributed by atoms with E-state index in [2.05, 4.69) is 46.5 Å². The smallest absolute Gasteiger partial charge is 0.0536 e. The van der Waals surface area contributed by atoms with E-state index in [1.54, 1.807) is 0 Å². The van der Waals surface area contributed by atoms with Crippen LogP contribution in [0.15, 0.2) is 12.4 Å². The minimum Gasteiger partial charge on any atom is -0.301 e. The molecule has 1 fully saturated rings. The van der Waals surface area contributed by atoms with Crippen molar-refractivity contribution in [1.82, 2.24) is 19.6 Å². The third kappa shape index (κ3) is 3.56. The number of nitrogens with zero attached hydrogens (tertiary/aromatic N) is 4. The molecule has 4 nitrogen and oxygen atoms in total. The fourth-order valence-corrected chi connectivity index (χ4v) is 2.37. The topological polar surface area (TPSA) is 24.3 Å². The molecule has 0 aromatic carbocycles. The van der Waals surface area contributed by atoms with Crippen LogP contribution in [0.1, 0.15) is 32.3 Å². The van der Waals surface area contributed by atoms with Gasteiger partial charge in [-0.15, -0.1) is 0 Å². The Hall–Kier alpha value is -0.870. The monoisotopic (exact) mass is 250 g/mol. The summed E-state index contributed by atoms with van der Waals surface area (Å²) in [6, 6.07) is 0. The first-order valence-electron chi connectivity index (χ1n) is 7.16. The van der Waals surface area contributed by atoms with E-state index in [0.717, 1.165) is 13.1 Å². The molecule has 2 rings (SSSR count). The highest BCUT2D eigenvalue weighted by molar-refractivity contribution is 5.08. The Balaban J connectivity index is 1.74. The summed E-state index contributed by atoms with van der Waals surface area (Å²) in [6.07, 6.45) is 4.19. The van der Waals surface area contributed by atoms with Gasteiger partial charge in [0.25, 0.3) is 0 Å². The van der Waals surface area contributed by atoms with Gasteiger partial charge in [0.1, 0.15) is 0 Å². The van der Waals surface area contributed by atoms with Gasteiger partial charge in [-0.05, 0) is 18.0 Å². The maximum atomic E-state index is 4.43. The van der Waals surface area contributed by atoms with E-state index in [0.29, 0.717) is 5.92 Å². The molecule has 0 radical (unpaired) electrons. The molecule has 0 N–H and O–H groups in total. The fourth-order valence-electron chi connectivity index (χ4n) is 2.37. The van der Waals surface area contributed by atoms with E-state index in [-0.39, 0.29) is 0 Å². The van der Waals surface area contributed by atoms with E-state index in [9.17, 15) is 0 Å². The lowest BCUT2D eigenvalue weighted by molar-refractivity contribution is 0.133. The molecule has 0 aliphatic carbocycles. The summed E-state index contributed by atoms with van der Waals surface area (Å²) in [4.78, 5) is 5.06. The van der Waals surface area contributed by atoms with Crippen LogP contribution in [0.3, 0.4) is 0 Å². The largest absolute Gasteiger partial charge is 0.301 e. The van der Waals surface area contributed by atoms with Gasteiger partial charge in [0.2, 0.25) is 0 Å². The van der Waals surface area contributed by atoms with Crippen LogP contribution in [0.4, 0.5) is 0 Å². The van der Waals surface area contributed by atoms with Crippen LogP contribution in [0.5, 0.6) is 0 Å². The van der Waals surface area contributed by atoms with E-state index < -0.39 is 0 Å². The van der Waals surface area contributed by atoms with Crippen LogP contribution >= 0.6 is 0 Å². The highest BCUT2D eigenvalue weighted by Crippen LogP contribution is 2.12. The molecule has 1 aromatic heterocycles. The molecule has 0 unspecified atom stereocenters. The molecule has 0 spiro atoms. The number of rotatable bonds is 5. The van der Waals surface area contributed by atoms with Crippen LogP contribution in [0.25, 0.3) is 0 Å². The average molecular weight is 250 g/mol. The van der Waals surface area contributed by atoms with Gasteiger partial charge in [-0.25, -0.2) is 0 Å². The Morgan fingerprint density at radius 2 is 1.78 bits per heavy atom. The lowest BCUT2D eigenvalue weighted by Crippen LogP contribution is -2.46. The lowest BCUT2D eigenvalue weighted by atomic mass is 10.1. The summed E-state index contributed by atoms with van der Waals surface area (Å²) in [5, 5.41) is 4.43. The summed E-state index contributed by atoms with van der Waals surface area (Å²) in [5.74, 6) is 0.576. The zero-order valence-corrected chi connectivity index (χ0v) is 12.0. The van der Waals surface area contributed by atoms with Gasteiger partial charge in [0.05, 0.1) is 12.7 Å². The van der Waals surface area contributed by atoms with Crippen molar-refractivity contribution in [3.05, 3.63) is 18.0 Å². The van der Waals surface area contributed by atoms with Crippen molar-refractivity contribution in [3.8, 4) is 0 Å². The minimum atomic E-state index is 0.576. The number of hydrogen-bond acceptors (Lipinski definition) is 3. The maximum Gasteiger partial charge on any atom is 0.0536 e.